The molecule has 0 saturated carbocycles. The Kier molecular flexibility index (Phi) is 2.25. The Balaban J connectivity index is 2.10. The largest absolute Gasteiger partial charge is 0.481 e. The van der Waals surface area contributed by atoms with Crippen LogP contribution in [0.25, 0.3) is 10.9 Å². The van der Waals surface area contributed by atoms with Crippen LogP contribution in [0.1, 0.15) is 42.0 Å². The summed E-state index contributed by atoms with van der Waals surface area (Å²) in [5, 5.41) is 10.7. The van der Waals surface area contributed by atoms with Crippen molar-refractivity contribution in [1.82, 2.24) is 4.57 Å². The maximum absolute atomic E-state index is 11.5. The summed E-state index contributed by atoms with van der Waals surface area (Å²) >= 11 is 0. The minimum absolute atomic E-state index is 0.305. The van der Waals surface area contributed by atoms with Gasteiger partial charge in [0.1, 0.15) is 0 Å². The van der Waals surface area contributed by atoms with Crippen molar-refractivity contribution in [2.75, 3.05) is 0 Å². The van der Waals surface area contributed by atoms with Crippen molar-refractivity contribution >= 4 is 16.9 Å². The average molecular weight is 255 g/mol. The number of carboxylic acids is 1. The van der Waals surface area contributed by atoms with Gasteiger partial charge in [0.25, 0.3) is 0 Å². The van der Waals surface area contributed by atoms with E-state index in [1.807, 2.05) is 0 Å². The molecule has 2 aliphatic rings. The molecule has 0 spiro atoms. The molecule has 1 aromatic heterocycles. The fourth-order valence-electron chi connectivity index (χ4n) is 3.96. The molecule has 2 aromatic rings. The van der Waals surface area contributed by atoms with Gasteiger partial charge in [-0.1, -0.05) is 18.2 Å². The predicted octanol–water partition coefficient (Wildman–Crippen LogP) is 3.09. The van der Waals surface area contributed by atoms with Gasteiger partial charge < -0.3 is 9.67 Å². The molecule has 0 radical (unpaired) electrons. The first-order chi connectivity index (χ1) is 9.27. The van der Waals surface area contributed by atoms with E-state index in [0.29, 0.717) is 0 Å². The number of para-hydroxylation sites is 1. The van der Waals surface area contributed by atoms with Gasteiger partial charge in [0.05, 0.1) is 11.4 Å². The van der Waals surface area contributed by atoms with E-state index >= 15 is 0 Å². The van der Waals surface area contributed by atoms with E-state index in [2.05, 4.69) is 22.8 Å². The molecular formula is C16H17NO2. The fraction of sp³-hybridized carbons (Fsp3) is 0.438. The molecule has 3 nitrogen and oxygen atoms in total. The molecule has 1 aliphatic heterocycles. The van der Waals surface area contributed by atoms with Crippen molar-refractivity contribution in [2.24, 2.45) is 0 Å². The van der Waals surface area contributed by atoms with Gasteiger partial charge >= 0.3 is 5.97 Å². The number of hydrogen-bond acceptors (Lipinski definition) is 1. The first kappa shape index (κ1) is 11.1. The van der Waals surface area contributed by atoms with Gasteiger partial charge in [-0.25, -0.2) is 0 Å². The van der Waals surface area contributed by atoms with Gasteiger partial charge in [0.2, 0.25) is 0 Å². The Morgan fingerprint density at radius 3 is 3.00 bits per heavy atom. The van der Waals surface area contributed by atoms with E-state index < -0.39 is 5.97 Å². The number of rotatable bonds is 1. The number of aliphatic carboxylic acids is 1. The smallest absolute Gasteiger partial charge is 0.311 e. The fourth-order valence-corrected chi connectivity index (χ4v) is 3.96. The highest BCUT2D eigenvalue weighted by atomic mass is 16.4. The van der Waals surface area contributed by atoms with Crippen LogP contribution in [-0.2, 0) is 24.2 Å². The lowest BCUT2D eigenvalue weighted by molar-refractivity contribution is -0.139. The van der Waals surface area contributed by atoms with Crippen LogP contribution in [0.5, 0.6) is 0 Å². The van der Waals surface area contributed by atoms with Crippen LogP contribution in [0.3, 0.4) is 0 Å². The van der Waals surface area contributed by atoms with E-state index in [1.165, 1.54) is 28.6 Å². The van der Waals surface area contributed by atoms with E-state index in [0.717, 1.165) is 37.8 Å². The van der Waals surface area contributed by atoms with Crippen LogP contribution in [0, 0.1) is 0 Å². The number of carboxylic acid groups (broad SMARTS) is 1. The molecule has 0 fully saturated rings. The molecule has 1 aliphatic carbocycles. The van der Waals surface area contributed by atoms with Gasteiger partial charge in [0.15, 0.2) is 0 Å². The summed E-state index contributed by atoms with van der Waals surface area (Å²) in [6.07, 6.45) is 5.11. The Labute approximate surface area is 111 Å². The van der Waals surface area contributed by atoms with Gasteiger partial charge in [-0.05, 0) is 43.2 Å². The zero-order valence-corrected chi connectivity index (χ0v) is 10.9. The molecule has 98 valence electrons. The Bertz CT molecular complexity index is 684. The molecule has 0 bridgehead atoms. The van der Waals surface area contributed by atoms with Crippen LogP contribution in [0.4, 0.5) is 0 Å². The lowest BCUT2D eigenvalue weighted by atomic mass is 9.85. The second kappa shape index (κ2) is 3.86. The standard InChI is InChI=1S/C16H17NO2/c18-16(19)12-7-2-8-13-14(12)11-6-1-4-10-5-3-9-17(13)15(10)11/h1,4,6,12H,2-3,5,7-9H2,(H,18,19). The summed E-state index contributed by atoms with van der Waals surface area (Å²) in [5.74, 6) is -0.967. The van der Waals surface area contributed by atoms with E-state index in [1.54, 1.807) is 0 Å². The minimum Gasteiger partial charge on any atom is -0.481 e. The Morgan fingerprint density at radius 1 is 1.26 bits per heavy atom. The van der Waals surface area contributed by atoms with Crippen molar-refractivity contribution in [3.05, 3.63) is 35.0 Å². The second-order valence-corrected chi connectivity index (χ2v) is 5.71. The average Bonchev–Trinajstić information content (AvgIpc) is 2.76. The molecule has 19 heavy (non-hydrogen) atoms. The zero-order valence-electron chi connectivity index (χ0n) is 10.9. The predicted molar refractivity (Wildman–Crippen MR) is 73.6 cm³/mol. The van der Waals surface area contributed by atoms with Crippen molar-refractivity contribution in [3.63, 3.8) is 0 Å². The molecule has 1 atom stereocenters. The van der Waals surface area contributed by atoms with Gasteiger partial charge in [0, 0.05) is 17.6 Å². The van der Waals surface area contributed by atoms with Gasteiger partial charge in [-0.2, -0.15) is 0 Å². The molecule has 1 N–H and O–H groups in total. The topological polar surface area (TPSA) is 42.2 Å². The van der Waals surface area contributed by atoms with Gasteiger partial charge in [-0.3, -0.25) is 4.79 Å². The Hall–Kier alpha value is -1.77. The number of benzene rings is 1. The molecule has 1 aromatic carbocycles. The van der Waals surface area contributed by atoms with Crippen LogP contribution >= 0.6 is 0 Å². The summed E-state index contributed by atoms with van der Waals surface area (Å²) < 4.78 is 2.40. The van der Waals surface area contributed by atoms with Crippen LogP contribution in [0.15, 0.2) is 18.2 Å². The number of fused-ring (bicyclic) bond motifs is 3. The zero-order chi connectivity index (χ0) is 13.0. The highest BCUT2D eigenvalue weighted by Gasteiger charge is 2.32. The summed E-state index contributed by atoms with van der Waals surface area (Å²) in [7, 11) is 0. The van der Waals surface area contributed by atoms with Crippen molar-refractivity contribution in [1.29, 1.82) is 0 Å². The van der Waals surface area contributed by atoms with E-state index in [4.69, 9.17) is 0 Å². The van der Waals surface area contributed by atoms with E-state index in [-0.39, 0.29) is 5.92 Å². The maximum Gasteiger partial charge on any atom is 0.311 e. The van der Waals surface area contributed by atoms with E-state index in [9.17, 15) is 9.90 Å². The summed E-state index contributed by atoms with van der Waals surface area (Å²) in [6.45, 7) is 1.05. The molecule has 0 amide bonds. The number of carbonyl (C=O) groups is 1. The number of nitrogens with zero attached hydrogens (tertiary/aromatic N) is 1. The molecular weight excluding hydrogens is 238 g/mol. The van der Waals surface area contributed by atoms with Crippen LogP contribution in [-0.4, -0.2) is 15.6 Å². The number of aryl methyl sites for hydroxylation is 2. The van der Waals surface area contributed by atoms with Gasteiger partial charge in [-0.15, -0.1) is 0 Å². The SMILES string of the molecule is O=C(O)C1CCCc2c1c1cccc3c1n2CCC3. The van der Waals surface area contributed by atoms with Crippen molar-refractivity contribution in [2.45, 2.75) is 44.6 Å². The lowest BCUT2D eigenvalue weighted by Crippen LogP contribution is -2.19. The van der Waals surface area contributed by atoms with Crippen molar-refractivity contribution in [3.8, 4) is 0 Å². The second-order valence-electron chi connectivity index (χ2n) is 5.71. The maximum atomic E-state index is 11.5. The van der Waals surface area contributed by atoms with Crippen LogP contribution < -0.4 is 0 Å². The summed E-state index contributed by atoms with van der Waals surface area (Å²) in [6, 6.07) is 6.39. The minimum atomic E-state index is -0.662. The number of aromatic nitrogens is 1. The first-order valence-corrected chi connectivity index (χ1v) is 7.13. The monoisotopic (exact) mass is 255 g/mol. The first-order valence-electron chi connectivity index (χ1n) is 7.13. The highest BCUT2D eigenvalue weighted by Crippen LogP contribution is 2.41. The molecule has 3 heteroatoms. The molecule has 0 saturated heterocycles. The third kappa shape index (κ3) is 1.41. The highest BCUT2D eigenvalue weighted by molar-refractivity contribution is 5.93. The lowest BCUT2D eigenvalue weighted by Gasteiger charge is -2.22. The Morgan fingerprint density at radius 2 is 2.16 bits per heavy atom. The third-order valence-electron chi connectivity index (χ3n) is 4.70. The molecule has 2 heterocycles. The quantitative estimate of drug-likeness (QED) is 0.850. The summed E-state index contributed by atoms with van der Waals surface area (Å²) in [4.78, 5) is 11.5. The normalized spacial score (nSPS) is 21.4. The third-order valence-corrected chi connectivity index (χ3v) is 4.70. The molecule has 1 unspecified atom stereocenters. The molecule has 4 rings (SSSR count). The number of hydrogen-bond donors (Lipinski definition) is 1. The summed E-state index contributed by atoms with van der Waals surface area (Å²) in [5.41, 5.74) is 5.10. The van der Waals surface area contributed by atoms with Crippen LogP contribution in [0.2, 0.25) is 0 Å². The van der Waals surface area contributed by atoms with Crippen molar-refractivity contribution < 1.29 is 9.90 Å².